The molecular formula is C15H17F3N2O3. The number of anilines is 1. The van der Waals surface area contributed by atoms with E-state index in [-0.39, 0.29) is 11.8 Å². The van der Waals surface area contributed by atoms with Crippen LogP contribution >= 0.6 is 0 Å². The fourth-order valence-electron chi connectivity index (χ4n) is 2.22. The van der Waals surface area contributed by atoms with Crippen molar-refractivity contribution in [3.63, 3.8) is 0 Å². The summed E-state index contributed by atoms with van der Waals surface area (Å²) in [5, 5.41) is 4.85. The molecule has 5 nitrogen and oxygen atoms in total. The number of benzene rings is 1. The number of rotatable bonds is 5. The highest BCUT2D eigenvalue weighted by Gasteiger charge is 2.30. The lowest BCUT2D eigenvalue weighted by atomic mass is 10.2. The zero-order chi connectivity index (χ0) is 16.9. The summed E-state index contributed by atoms with van der Waals surface area (Å²) < 4.78 is 43.1. The summed E-state index contributed by atoms with van der Waals surface area (Å²) in [7, 11) is 0. The van der Waals surface area contributed by atoms with Gasteiger partial charge in [0.1, 0.15) is 6.42 Å². The molecule has 1 aromatic carbocycles. The van der Waals surface area contributed by atoms with Crippen LogP contribution in [0.2, 0.25) is 0 Å². The van der Waals surface area contributed by atoms with Crippen molar-refractivity contribution in [2.75, 3.05) is 18.5 Å². The molecule has 1 aliphatic heterocycles. The summed E-state index contributed by atoms with van der Waals surface area (Å²) in [4.78, 5) is 23.3. The standard InChI is InChI=1S/C15H17F3N2O3/c16-15(17,18)10-3-1-4-11(7-10)20-14(22)8-13(21)19-9-12-5-2-6-23-12/h1,3-4,7,12H,2,5-6,8-9H2,(H,19,21)(H,20,22). The van der Waals surface area contributed by atoms with Crippen molar-refractivity contribution < 1.29 is 27.5 Å². The van der Waals surface area contributed by atoms with Gasteiger partial charge in [-0.1, -0.05) is 6.07 Å². The fourth-order valence-corrected chi connectivity index (χ4v) is 2.22. The van der Waals surface area contributed by atoms with Crippen LogP contribution in [0.5, 0.6) is 0 Å². The van der Waals surface area contributed by atoms with E-state index in [9.17, 15) is 22.8 Å². The van der Waals surface area contributed by atoms with Crippen molar-refractivity contribution in [3.05, 3.63) is 29.8 Å². The second kappa shape index (κ2) is 7.45. The van der Waals surface area contributed by atoms with Gasteiger partial charge in [-0.2, -0.15) is 13.2 Å². The molecule has 0 spiro atoms. The van der Waals surface area contributed by atoms with Gasteiger partial charge in [-0.05, 0) is 31.0 Å². The first-order valence-corrected chi connectivity index (χ1v) is 7.20. The lowest BCUT2D eigenvalue weighted by Crippen LogP contribution is -2.34. The van der Waals surface area contributed by atoms with Crippen LogP contribution in [0.15, 0.2) is 24.3 Å². The highest BCUT2D eigenvalue weighted by molar-refractivity contribution is 6.03. The predicted octanol–water partition coefficient (Wildman–Crippen LogP) is 2.33. The quantitative estimate of drug-likeness (QED) is 0.814. The van der Waals surface area contributed by atoms with Gasteiger partial charge in [0.25, 0.3) is 0 Å². The molecule has 0 bridgehead atoms. The van der Waals surface area contributed by atoms with E-state index in [1.165, 1.54) is 12.1 Å². The maximum atomic E-state index is 12.6. The van der Waals surface area contributed by atoms with Crippen LogP contribution in [0.4, 0.5) is 18.9 Å². The first kappa shape index (κ1) is 17.3. The normalized spacial score (nSPS) is 17.8. The fraction of sp³-hybridized carbons (Fsp3) is 0.467. The molecule has 2 N–H and O–H groups in total. The molecule has 1 fully saturated rings. The number of hydrogen-bond acceptors (Lipinski definition) is 3. The Morgan fingerprint density at radius 2 is 2.04 bits per heavy atom. The molecule has 1 aliphatic rings. The third kappa shape index (κ3) is 5.55. The molecule has 23 heavy (non-hydrogen) atoms. The largest absolute Gasteiger partial charge is 0.416 e. The van der Waals surface area contributed by atoms with E-state index in [4.69, 9.17) is 4.74 Å². The Balaban J connectivity index is 1.81. The molecule has 1 atom stereocenters. The van der Waals surface area contributed by atoms with E-state index in [0.717, 1.165) is 25.0 Å². The molecule has 2 amide bonds. The minimum absolute atomic E-state index is 0.00301. The highest BCUT2D eigenvalue weighted by Crippen LogP contribution is 2.30. The molecule has 126 valence electrons. The summed E-state index contributed by atoms with van der Waals surface area (Å²) in [6.07, 6.45) is -3.18. The summed E-state index contributed by atoms with van der Waals surface area (Å²) in [5.41, 5.74) is -0.866. The van der Waals surface area contributed by atoms with Gasteiger partial charge in [-0.25, -0.2) is 0 Å². The van der Waals surface area contributed by atoms with Crippen LogP contribution in [0.3, 0.4) is 0 Å². The third-order valence-electron chi connectivity index (χ3n) is 3.35. The Morgan fingerprint density at radius 3 is 2.70 bits per heavy atom. The molecule has 0 saturated carbocycles. The molecule has 1 heterocycles. The van der Waals surface area contributed by atoms with Crippen LogP contribution in [-0.2, 0) is 20.5 Å². The first-order valence-electron chi connectivity index (χ1n) is 7.20. The maximum absolute atomic E-state index is 12.6. The van der Waals surface area contributed by atoms with E-state index >= 15 is 0 Å². The summed E-state index contributed by atoms with van der Waals surface area (Å²) in [5.74, 6) is -1.17. The number of halogens is 3. The number of carbonyl (C=O) groups excluding carboxylic acids is 2. The number of nitrogens with one attached hydrogen (secondary N) is 2. The van der Waals surface area contributed by atoms with Gasteiger partial charge in [0, 0.05) is 18.8 Å². The van der Waals surface area contributed by atoms with Crippen molar-refractivity contribution in [2.24, 2.45) is 0 Å². The number of amides is 2. The Labute approximate surface area is 131 Å². The van der Waals surface area contributed by atoms with Gasteiger partial charge in [0.2, 0.25) is 11.8 Å². The number of carbonyl (C=O) groups is 2. The predicted molar refractivity (Wildman–Crippen MR) is 76.7 cm³/mol. The van der Waals surface area contributed by atoms with Crippen molar-refractivity contribution in [2.45, 2.75) is 31.5 Å². The van der Waals surface area contributed by atoms with Gasteiger partial charge >= 0.3 is 6.18 Å². The summed E-state index contributed by atoms with van der Waals surface area (Å²) in [6, 6.07) is 4.25. The Morgan fingerprint density at radius 1 is 1.26 bits per heavy atom. The third-order valence-corrected chi connectivity index (χ3v) is 3.35. The first-order chi connectivity index (χ1) is 10.8. The molecule has 0 aliphatic carbocycles. The van der Waals surface area contributed by atoms with Gasteiger partial charge in [0.15, 0.2) is 0 Å². The van der Waals surface area contributed by atoms with Crippen LogP contribution < -0.4 is 10.6 Å². The Kier molecular flexibility index (Phi) is 5.59. The Hall–Kier alpha value is -2.09. The van der Waals surface area contributed by atoms with Crippen molar-refractivity contribution >= 4 is 17.5 Å². The van der Waals surface area contributed by atoms with Crippen molar-refractivity contribution in [1.29, 1.82) is 0 Å². The Bertz CT molecular complexity index is 569. The van der Waals surface area contributed by atoms with Crippen LogP contribution in [0, 0.1) is 0 Å². The van der Waals surface area contributed by atoms with E-state index in [2.05, 4.69) is 10.6 Å². The molecule has 1 aromatic rings. The number of ether oxygens (including phenoxy) is 1. The molecule has 2 rings (SSSR count). The van der Waals surface area contributed by atoms with Gasteiger partial charge in [-0.3, -0.25) is 9.59 Å². The zero-order valence-corrected chi connectivity index (χ0v) is 12.3. The zero-order valence-electron chi connectivity index (χ0n) is 12.3. The smallest absolute Gasteiger partial charge is 0.376 e. The second-order valence-corrected chi connectivity index (χ2v) is 5.24. The minimum atomic E-state index is -4.49. The van der Waals surface area contributed by atoms with Gasteiger partial charge < -0.3 is 15.4 Å². The lowest BCUT2D eigenvalue weighted by Gasteiger charge is -2.11. The number of alkyl halides is 3. The van der Waals surface area contributed by atoms with Crippen LogP contribution in [0.1, 0.15) is 24.8 Å². The summed E-state index contributed by atoms with van der Waals surface area (Å²) in [6.45, 7) is 0.992. The average Bonchev–Trinajstić information content (AvgIpc) is 2.97. The molecule has 0 aromatic heterocycles. The molecule has 1 unspecified atom stereocenters. The lowest BCUT2D eigenvalue weighted by molar-refractivity contribution is -0.137. The van der Waals surface area contributed by atoms with Crippen molar-refractivity contribution in [3.8, 4) is 0 Å². The summed E-state index contributed by atoms with van der Waals surface area (Å²) >= 11 is 0. The average molecular weight is 330 g/mol. The second-order valence-electron chi connectivity index (χ2n) is 5.24. The minimum Gasteiger partial charge on any atom is -0.376 e. The van der Waals surface area contributed by atoms with Crippen LogP contribution in [-0.4, -0.2) is 31.1 Å². The number of hydrogen-bond donors (Lipinski definition) is 2. The van der Waals surface area contributed by atoms with E-state index in [1.807, 2.05) is 0 Å². The molecule has 8 heteroatoms. The molecule has 0 radical (unpaired) electrons. The monoisotopic (exact) mass is 330 g/mol. The van der Waals surface area contributed by atoms with E-state index in [0.29, 0.717) is 13.2 Å². The maximum Gasteiger partial charge on any atom is 0.416 e. The van der Waals surface area contributed by atoms with Gasteiger partial charge in [0.05, 0.1) is 11.7 Å². The van der Waals surface area contributed by atoms with E-state index < -0.39 is 30.0 Å². The van der Waals surface area contributed by atoms with E-state index in [1.54, 1.807) is 0 Å². The molecule has 1 saturated heterocycles. The van der Waals surface area contributed by atoms with Gasteiger partial charge in [-0.15, -0.1) is 0 Å². The highest BCUT2D eigenvalue weighted by atomic mass is 19.4. The van der Waals surface area contributed by atoms with Crippen LogP contribution in [0.25, 0.3) is 0 Å². The topological polar surface area (TPSA) is 67.4 Å². The van der Waals surface area contributed by atoms with Crippen molar-refractivity contribution in [1.82, 2.24) is 5.32 Å². The molecular weight excluding hydrogens is 313 g/mol. The SMILES string of the molecule is O=C(CC(=O)Nc1cccc(C(F)(F)F)c1)NCC1CCCO1.